The van der Waals surface area contributed by atoms with Crippen LogP contribution >= 0.6 is 24.0 Å². The largest absolute Gasteiger partial charge is 0.356 e. The zero-order valence-electron chi connectivity index (χ0n) is 16.7. The molecule has 0 heterocycles. The molecule has 0 aliphatic rings. The molecule has 1 aromatic rings. The predicted octanol–water partition coefficient (Wildman–Crippen LogP) is 3.87. The molecule has 2 N–H and O–H groups in total. The van der Waals surface area contributed by atoms with Crippen LogP contribution in [-0.4, -0.2) is 34.2 Å². The van der Waals surface area contributed by atoms with E-state index in [1.165, 1.54) is 43.7 Å². The number of hydrogen-bond donors (Lipinski definition) is 2. The molecule has 5 nitrogen and oxygen atoms in total. The van der Waals surface area contributed by atoms with Crippen molar-refractivity contribution >= 4 is 39.8 Å². The summed E-state index contributed by atoms with van der Waals surface area (Å²) in [5.41, 5.74) is 1.22. The Balaban J connectivity index is 0.00000676. The lowest BCUT2D eigenvalue weighted by molar-refractivity contribution is 0.443. The number of nitrogens with zero attached hydrogens (tertiary/aromatic N) is 1. The molecule has 1 aromatic carbocycles. The minimum absolute atomic E-state index is 0. The Bertz CT molecular complexity index is 696. The predicted molar refractivity (Wildman–Crippen MR) is 122 cm³/mol. The number of benzene rings is 1. The van der Waals surface area contributed by atoms with Crippen LogP contribution in [0.25, 0.3) is 0 Å². The Morgan fingerprint density at radius 3 is 2.48 bits per heavy atom. The lowest BCUT2D eigenvalue weighted by atomic mass is 9.99. The Hall–Kier alpha value is -0.900. The highest BCUT2D eigenvalue weighted by Gasteiger charge is 2.12. The molecule has 27 heavy (non-hydrogen) atoms. The van der Waals surface area contributed by atoms with Crippen LogP contribution in [0, 0.1) is 11.7 Å². The summed E-state index contributed by atoms with van der Waals surface area (Å²) in [4.78, 5) is 4.20. The van der Waals surface area contributed by atoms with Gasteiger partial charge in [-0.3, -0.25) is 4.99 Å². The fourth-order valence-electron chi connectivity index (χ4n) is 2.77. The van der Waals surface area contributed by atoms with Gasteiger partial charge in [-0.2, -0.15) is 0 Å². The first kappa shape index (κ1) is 26.1. The normalized spacial score (nSPS) is 13.0. The third-order valence-electron chi connectivity index (χ3n) is 4.36. The fraction of sp³-hybridized carbons (Fsp3) is 0.632. The maximum Gasteiger partial charge on any atom is 0.191 e. The minimum atomic E-state index is -3.19. The number of unbranched alkanes of at least 4 members (excludes halogenated alkanes) is 1. The van der Waals surface area contributed by atoms with Gasteiger partial charge in [0.1, 0.15) is 5.82 Å². The van der Waals surface area contributed by atoms with Crippen molar-refractivity contribution in [3.8, 4) is 0 Å². The highest BCUT2D eigenvalue weighted by Crippen LogP contribution is 2.15. The monoisotopic (exact) mass is 513 g/mol. The smallest absolute Gasteiger partial charge is 0.191 e. The second kappa shape index (κ2) is 13.3. The second-order valence-corrected chi connectivity index (χ2v) is 8.85. The van der Waals surface area contributed by atoms with Gasteiger partial charge in [-0.15, -0.1) is 24.0 Å². The van der Waals surface area contributed by atoms with Gasteiger partial charge in [0.25, 0.3) is 0 Å². The van der Waals surface area contributed by atoms with E-state index >= 15 is 0 Å². The number of sulfone groups is 1. The van der Waals surface area contributed by atoms with Crippen LogP contribution in [-0.2, 0) is 22.1 Å². The van der Waals surface area contributed by atoms with Gasteiger partial charge in [-0.1, -0.05) is 39.2 Å². The van der Waals surface area contributed by atoms with Crippen molar-refractivity contribution in [1.82, 2.24) is 10.6 Å². The molecule has 0 saturated carbocycles. The molecule has 1 atom stereocenters. The molecule has 1 rings (SSSR count). The molecule has 0 aliphatic carbocycles. The summed E-state index contributed by atoms with van der Waals surface area (Å²) in [5.74, 6) is 0.733. The molecular formula is C19H33FIN3O2S. The van der Waals surface area contributed by atoms with Gasteiger partial charge in [-0.25, -0.2) is 12.8 Å². The Morgan fingerprint density at radius 2 is 1.93 bits per heavy atom. The maximum atomic E-state index is 13.6. The molecule has 1 unspecified atom stereocenters. The lowest BCUT2D eigenvalue weighted by Gasteiger charge is -2.18. The van der Waals surface area contributed by atoms with E-state index in [4.69, 9.17) is 0 Å². The standard InChI is InChI=1S/C19H32FN3O2S.HI/c1-5-7-8-15(6-2)12-22-19(21-3)23-13-17-11-18(20)10-9-16(17)14-26(4,24)25;/h9-11,15H,5-8,12-14H2,1-4H3,(H2,21,22,23);1H. The van der Waals surface area contributed by atoms with Gasteiger partial charge in [0.15, 0.2) is 15.8 Å². The van der Waals surface area contributed by atoms with Crippen molar-refractivity contribution in [2.45, 2.75) is 51.8 Å². The molecule has 0 bridgehead atoms. The number of aliphatic imine (C=N–C) groups is 1. The Labute approximate surface area is 180 Å². The zero-order valence-corrected chi connectivity index (χ0v) is 19.9. The molecule has 0 amide bonds. The van der Waals surface area contributed by atoms with Crippen LogP contribution < -0.4 is 10.6 Å². The fourth-order valence-corrected chi connectivity index (χ4v) is 3.61. The first-order valence-electron chi connectivity index (χ1n) is 9.18. The van der Waals surface area contributed by atoms with Crippen LogP contribution in [0.5, 0.6) is 0 Å². The van der Waals surface area contributed by atoms with Crippen molar-refractivity contribution in [3.63, 3.8) is 0 Å². The maximum absolute atomic E-state index is 13.6. The Morgan fingerprint density at radius 1 is 1.22 bits per heavy atom. The summed E-state index contributed by atoms with van der Waals surface area (Å²) in [6, 6.07) is 4.19. The van der Waals surface area contributed by atoms with Crippen molar-refractivity contribution in [3.05, 3.63) is 35.1 Å². The molecule has 0 aromatic heterocycles. The molecule has 0 fully saturated rings. The molecule has 0 spiro atoms. The van der Waals surface area contributed by atoms with Gasteiger partial charge in [-0.05, 0) is 35.6 Å². The van der Waals surface area contributed by atoms with E-state index in [-0.39, 0.29) is 35.5 Å². The third-order valence-corrected chi connectivity index (χ3v) is 5.19. The van der Waals surface area contributed by atoms with E-state index in [9.17, 15) is 12.8 Å². The van der Waals surface area contributed by atoms with Crippen LogP contribution in [0.15, 0.2) is 23.2 Å². The van der Waals surface area contributed by atoms with Crippen LogP contribution in [0.3, 0.4) is 0 Å². The number of nitrogens with one attached hydrogen (secondary N) is 2. The summed E-state index contributed by atoms with van der Waals surface area (Å²) in [6.07, 6.45) is 5.86. The highest BCUT2D eigenvalue weighted by molar-refractivity contribution is 14.0. The van der Waals surface area contributed by atoms with E-state index in [1.807, 2.05) is 0 Å². The molecule has 0 aliphatic heterocycles. The number of halogens is 2. The van der Waals surface area contributed by atoms with Gasteiger partial charge in [0, 0.05) is 26.4 Å². The molecule has 0 radical (unpaired) electrons. The van der Waals surface area contributed by atoms with Crippen LogP contribution in [0.2, 0.25) is 0 Å². The first-order valence-corrected chi connectivity index (χ1v) is 11.2. The summed E-state index contributed by atoms with van der Waals surface area (Å²) in [7, 11) is -1.50. The second-order valence-electron chi connectivity index (χ2n) is 6.71. The van der Waals surface area contributed by atoms with Crippen molar-refractivity contribution in [1.29, 1.82) is 0 Å². The van der Waals surface area contributed by atoms with E-state index in [0.717, 1.165) is 13.0 Å². The van der Waals surface area contributed by atoms with Crippen LogP contribution in [0.1, 0.15) is 50.7 Å². The van der Waals surface area contributed by atoms with E-state index < -0.39 is 9.84 Å². The SMILES string of the molecule is CCCCC(CC)CNC(=NC)NCc1cc(F)ccc1CS(C)(=O)=O.I. The molecule has 0 saturated heterocycles. The number of rotatable bonds is 10. The molecular weight excluding hydrogens is 480 g/mol. The summed E-state index contributed by atoms with van der Waals surface area (Å²) in [5, 5.41) is 6.46. The average Bonchev–Trinajstić information content (AvgIpc) is 2.58. The van der Waals surface area contributed by atoms with Crippen LogP contribution in [0.4, 0.5) is 4.39 Å². The average molecular weight is 513 g/mol. The topological polar surface area (TPSA) is 70.6 Å². The van der Waals surface area contributed by atoms with Crippen molar-refractivity contribution < 1.29 is 12.8 Å². The number of guanidine groups is 1. The van der Waals surface area contributed by atoms with Crippen molar-refractivity contribution in [2.24, 2.45) is 10.9 Å². The van der Waals surface area contributed by atoms with Gasteiger partial charge >= 0.3 is 0 Å². The van der Waals surface area contributed by atoms with Gasteiger partial charge in [0.2, 0.25) is 0 Å². The lowest BCUT2D eigenvalue weighted by Crippen LogP contribution is -2.39. The van der Waals surface area contributed by atoms with E-state index in [0.29, 0.717) is 29.5 Å². The Kier molecular flexibility index (Phi) is 12.9. The van der Waals surface area contributed by atoms with E-state index in [2.05, 4.69) is 29.5 Å². The summed E-state index contributed by atoms with van der Waals surface area (Å²) < 4.78 is 36.7. The quantitative estimate of drug-likeness (QED) is 0.283. The zero-order chi connectivity index (χ0) is 19.6. The third kappa shape index (κ3) is 10.9. The minimum Gasteiger partial charge on any atom is -0.356 e. The highest BCUT2D eigenvalue weighted by atomic mass is 127. The van der Waals surface area contributed by atoms with Crippen molar-refractivity contribution in [2.75, 3.05) is 19.8 Å². The van der Waals surface area contributed by atoms with E-state index in [1.54, 1.807) is 7.05 Å². The molecule has 156 valence electrons. The summed E-state index contributed by atoms with van der Waals surface area (Å²) >= 11 is 0. The molecule has 8 heteroatoms. The number of hydrogen-bond acceptors (Lipinski definition) is 3. The first-order chi connectivity index (χ1) is 12.3. The summed E-state index contributed by atoms with van der Waals surface area (Å²) in [6.45, 7) is 5.51. The van der Waals surface area contributed by atoms with Gasteiger partial charge in [0.05, 0.1) is 5.75 Å². The van der Waals surface area contributed by atoms with Gasteiger partial charge < -0.3 is 10.6 Å².